The fourth-order valence-corrected chi connectivity index (χ4v) is 10.7. The van der Waals surface area contributed by atoms with E-state index in [-0.39, 0.29) is 33.0 Å². The minimum atomic E-state index is -1.87. The third-order valence-electron chi connectivity index (χ3n) is 9.23. The average Bonchev–Trinajstić information content (AvgIpc) is 3.09. The second-order valence-corrected chi connectivity index (χ2v) is 20.7. The zero-order chi connectivity index (χ0) is 38.6. The maximum absolute atomic E-state index is 11.7. The van der Waals surface area contributed by atoms with E-state index in [1.165, 1.54) is 101 Å². The highest BCUT2D eigenvalue weighted by Gasteiger charge is 2.34. The van der Waals surface area contributed by atoms with E-state index in [4.69, 9.17) is 69.6 Å². The van der Waals surface area contributed by atoms with Crippen LogP contribution < -0.4 is 0 Å². The Labute approximate surface area is 349 Å². The van der Waals surface area contributed by atoms with Gasteiger partial charge in [-0.2, -0.15) is 0 Å². The number of alkyl halides is 6. The number of nitro benzene ring substituents is 2. The molecule has 0 aliphatic heterocycles. The Bertz CT molecular complexity index is 1260. The summed E-state index contributed by atoms with van der Waals surface area (Å²) in [4.78, 5) is 22.4. The molecule has 2 rings (SSSR count). The van der Waals surface area contributed by atoms with E-state index in [2.05, 4.69) is 13.8 Å². The second-order valence-electron chi connectivity index (χ2n) is 13.5. The van der Waals surface area contributed by atoms with Crippen LogP contribution in [0.3, 0.4) is 0 Å². The molecule has 14 heteroatoms. The van der Waals surface area contributed by atoms with Gasteiger partial charge < -0.3 is 0 Å². The van der Waals surface area contributed by atoms with Crippen molar-refractivity contribution in [3.05, 3.63) is 78.9 Å². The number of nitro groups is 2. The van der Waals surface area contributed by atoms with E-state index in [1.54, 1.807) is 33.7 Å². The number of non-ortho nitro benzene ring substituents is 2. The Morgan fingerprint density at radius 1 is 0.519 bits per heavy atom. The van der Waals surface area contributed by atoms with Crippen molar-refractivity contribution < 1.29 is 9.85 Å². The Morgan fingerprint density at radius 3 is 1.08 bits per heavy atom. The van der Waals surface area contributed by atoms with Crippen LogP contribution >= 0.6 is 91.2 Å². The summed E-state index contributed by atoms with van der Waals surface area (Å²) in [5.41, 5.74) is 1.74. The first-order valence-corrected chi connectivity index (χ1v) is 23.3. The van der Waals surface area contributed by atoms with Gasteiger partial charge in [-0.3, -0.25) is 20.2 Å². The third-order valence-corrected chi connectivity index (χ3v) is 13.7. The molecule has 2 aromatic carbocycles. The minimum Gasteiger partial charge on any atom is -0.258 e. The lowest BCUT2D eigenvalue weighted by Crippen LogP contribution is -2.10. The van der Waals surface area contributed by atoms with E-state index in [0.717, 1.165) is 62.5 Å². The standard InChI is InChI=1S/C38H54Cl6N2O4S2/c1-3-5-7-9-11-13-15-17-19-21-35(31-25-23-29(45(47)48)27-33(31)37(39,40)41)51-52-36(22-20-18-16-14-12-10-8-6-4-2)32-26-24-30(46(49)50)28-34(32)38(42,43)44/h23-28,35-36H,3-22H2,1-2H3. The largest absolute Gasteiger partial charge is 0.269 e. The van der Waals surface area contributed by atoms with Crippen LogP contribution in [0.5, 0.6) is 0 Å². The van der Waals surface area contributed by atoms with Crippen LogP contribution in [-0.2, 0) is 7.59 Å². The lowest BCUT2D eigenvalue weighted by molar-refractivity contribution is -0.385. The van der Waals surface area contributed by atoms with Crippen LogP contribution in [0, 0.1) is 20.2 Å². The highest BCUT2D eigenvalue weighted by Crippen LogP contribution is 2.55. The molecule has 0 aliphatic carbocycles. The maximum atomic E-state index is 11.7. The van der Waals surface area contributed by atoms with Gasteiger partial charge in [0.25, 0.3) is 11.4 Å². The zero-order valence-electron chi connectivity index (χ0n) is 30.4. The topological polar surface area (TPSA) is 86.3 Å². The molecule has 0 heterocycles. The first kappa shape index (κ1) is 47.8. The highest BCUT2D eigenvalue weighted by atomic mass is 35.6. The van der Waals surface area contributed by atoms with Crippen LogP contribution in [0.4, 0.5) is 11.4 Å². The Balaban J connectivity index is 2.37. The molecule has 0 saturated carbocycles. The van der Waals surface area contributed by atoms with Gasteiger partial charge in [-0.25, -0.2) is 0 Å². The lowest BCUT2D eigenvalue weighted by atomic mass is 9.99. The van der Waals surface area contributed by atoms with Crippen molar-refractivity contribution in [3.8, 4) is 0 Å². The van der Waals surface area contributed by atoms with Gasteiger partial charge in [-0.1, -0.05) is 233 Å². The molecule has 0 aliphatic rings. The molecule has 0 spiro atoms. The molecule has 0 N–H and O–H groups in total. The van der Waals surface area contributed by atoms with Crippen molar-refractivity contribution in [2.24, 2.45) is 0 Å². The van der Waals surface area contributed by atoms with Gasteiger partial charge in [0.15, 0.2) is 0 Å². The Kier molecular flexibility index (Phi) is 23.7. The van der Waals surface area contributed by atoms with E-state index >= 15 is 0 Å². The third kappa shape index (κ3) is 18.1. The minimum absolute atomic E-state index is 0.147. The van der Waals surface area contributed by atoms with Gasteiger partial charge in [0.2, 0.25) is 7.59 Å². The van der Waals surface area contributed by atoms with Crippen molar-refractivity contribution in [3.63, 3.8) is 0 Å². The Morgan fingerprint density at radius 2 is 0.808 bits per heavy atom. The summed E-state index contributed by atoms with van der Waals surface area (Å²) in [6.45, 7) is 4.44. The average molecular weight is 880 g/mol. The van der Waals surface area contributed by atoms with Gasteiger partial charge in [0.05, 0.1) is 9.85 Å². The molecule has 2 unspecified atom stereocenters. The summed E-state index contributed by atoms with van der Waals surface area (Å²) >= 11 is 38.7. The summed E-state index contributed by atoms with van der Waals surface area (Å²) in [5, 5.41) is 23.0. The van der Waals surface area contributed by atoms with Gasteiger partial charge in [-0.15, -0.1) is 0 Å². The van der Waals surface area contributed by atoms with E-state index in [0.29, 0.717) is 0 Å². The number of nitrogens with zero attached hydrogens (tertiary/aromatic N) is 2. The van der Waals surface area contributed by atoms with Crippen molar-refractivity contribution in [1.82, 2.24) is 0 Å². The summed E-state index contributed by atoms with van der Waals surface area (Å²) in [6, 6.07) is 9.04. The van der Waals surface area contributed by atoms with Crippen molar-refractivity contribution >= 4 is 103 Å². The first-order valence-electron chi connectivity index (χ1n) is 18.7. The van der Waals surface area contributed by atoms with Gasteiger partial charge in [-0.05, 0) is 24.0 Å². The smallest absolute Gasteiger partial charge is 0.258 e. The number of rotatable bonds is 27. The van der Waals surface area contributed by atoms with Crippen LogP contribution in [-0.4, -0.2) is 9.85 Å². The van der Waals surface area contributed by atoms with Crippen molar-refractivity contribution in [2.75, 3.05) is 0 Å². The molecule has 0 bridgehead atoms. The van der Waals surface area contributed by atoms with E-state index in [9.17, 15) is 20.2 Å². The number of benzene rings is 2. The quantitative estimate of drug-likeness (QED) is 0.0292. The normalized spacial score (nSPS) is 13.3. The fourth-order valence-electron chi connectivity index (χ4n) is 6.29. The predicted molar refractivity (Wildman–Crippen MR) is 229 cm³/mol. The summed E-state index contributed by atoms with van der Waals surface area (Å²) in [6.07, 6.45) is 22.7. The van der Waals surface area contributed by atoms with E-state index in [1.807, 2.05) is 0 Å². The SMILES string of the molecule is CCCCCCCCCCCC(SSC(CCCCCCCCCCC)c1ccc([N+](=O)[O-])cc1C(Cl)(Cl)Cl)c1ccc([N+](=O)[O-])cc1C(Cl)(Cl)Cl. The number of hydrogen-bond donors (Lipinski definition) is 0. The molecule has 0 radical (unpaired) electrons. The lowest BCUT2D eigenvalue weighted by Gasteiger charge is -2.27. The maximum Gasteiger partial charge on any atom is 0.269 e. The molecule has 0 aromatic heterocycles. The molecular weight excluding hydrogens is 825 g/mol. The second kappa shape index (κ2) is 25.8. The first-order chi connectivity index (χ1) is 24.7. The van der Waals surface area contributed by atoms with Crippen LogP contribution in [0.25, 0.3) is 0 Å². The van der Waals surface area contributed by atoms with Crippen molar-refractivity contribution in [2.45, 2.75) is 160 Å². The number of hydrogen-bond acceptors (Lipinski definition) is 6. The highest BCUT2D eigenvalue weighted by molar-refractivity contribution is 8.76. The molecule has 0 saturated heterocycles. The van der Waals surface area contributed by atoms with Crippen molar-refractivity contribution in [1.29, 1.82) is 0 Å². The van der Waals surface area contributed by atoms with E-state index < -0.39 is 17.4 Å². The summed E-state index contributed by atoms with van der Waals surface area (Å²) in [5.74, 6) is 0. The van der Waals surface area contributed by atoms with Crippen LogP contribution in [0.2, 0.25) is 0 Å². The van der Waals surface area contributed by atoms with Crippen LogP contribution in [0.15, 0.2) is 36.4 Å². The van der Waals surface area contributed by atoms with Gasteiger partial charge >= 0.3 is 0 Å². The van der Waals surface area contributed by atoms with Gasteiger partial charge in [0, 0.05) is 45.9 Å². The summed E-state index contributed by atoms with van der Waals surface area (Å²) < 4.78 is -3.75. The predicted octanol–water partition coefficient (Wildman–Crippen LogP) is 17.2. The molecule has 0 amide bonds. The fraction of sp³-hybridized carbons (Fsp3) is 0.684. The molecule has 6 nitrogen and oxygen atoms in total. The molecule has 2 atom stereocenters. The Hall–Kier alpha value is -0.320. The number of unbranched alkanes of at least 4 members (excludes halogenated alkanes) is 16. The zero-order valence-corrected chi connectivity index (χ0v) is 36.5. The molecule has 0 fully saturated rings. The monoisotopic (exact) mass is 876 g/mol. The van der Waals surface area contributed by atoms with Crippen LogP contribution in [0.1, 0.15) is 175 Å². The number of halogens is 6. The summed E-state index contributed by atoms with van der Waals surface area (Å²) in [7, 11) is 3.23. The molecule has 2 aromatic rings. The molecule has 52 heavy (non-hydrogen) atoms. The molecular formula is C38H54Cl6N2O4S2. The molecule has 294 valence electrons. The van der Waals surface area contributed by atoms with Gasteiger partial charge in [0.1, 0.15) is 0 Å².